The van der Waals surface area contributed by atoms with Crippen molar-refractivity contribution in [1.29, 1.82) is 0 Å². The van der Waals surface area contributed by atoms with Crippen LogP contribution in [-0.2, 0) is 0 Å². The van der Waals surface area contributed by atoms with E-state index >= 15 is 0 Å². The van der Waals surface area contributed by atoms with Crippen molar-refractivity contribution >= 4 is 28.2 Å². The van der Waals surface area contributed by atoms with Crippen LogP contribution in [0.1, 0.15) is 21.7 Å². The minimum absolute atomic E-state index is 0.0819. The number of hydrogen-bond acceptors (Lipinski definition) is 2. The lowest BCUT2D eigenvalue weighted by molar-refractivity contribution is 0.103. The molecule has 0 N–H and O–H groups in total. The monoisotopic (exact) mass is 281 g/mol. The smallest absolute Gasteiger partial charge is 0.211 e. The standard InChI is InChI=1S/C17H12ClNO/c1-11-10-13-4-2-3-5-15(13)16(19-11)17(20)12-6-8-14(18)9-7-12/h2-10H,1H3. The van der Waals surface area contributed by atoms with Gasteiger partial charge in [0.15, 0.2) is 0 Å². The third-order valence-electron chi connectivity index (χ3n) is 3.19. The molecule has 1 heterocycles. The summed E-state index contributed by atoms with van der Waals surface area (Å²) in [6, 6.07) is 16.6. The van der Waals surface area contributed by atoms with Crippen molar-refractivity contribution in [2.75, 3.05) is 0 Å². The summed E-state index contributed by atoms with van der Waals surface area (Å²) in [4.78, 5) is 17.0. The Kier molecular flexibility index (Phi) is 3.25. The maximum Gasteiger partial charge on any atom is 0.211 e. The number of fused-ring (bicyclic) bond motifs is 1. The van der Waals surface area contributed by atoms with Gasteiger partial charge in [0.05, 0.1) is 0 Å². The Balaban J connectivity index is 2.18. The number of ketones is 1. The van der Waals surface area contributed by atoms with Crippen molar-refractivity contribution in [1.82, 2.24) is 4.98 Å². The lowest BCUT2D eigenvalue weighted by Crippen LogP contribution is -2.06. The third kappa shape index (κ3) is 2.30. The molecule has 0 radical (unpaired) electrons. The predicted octanol–water partition coefficient (Wildman–Crippen LogP) is 4.43. The number of aryl methyl sites for hydroxylation is 1. The van der Waals surface area contributed by atoms with Crippen LogP contribution < -0.4 is 0 Å². The molecule has 2 nitrogen and oxygen atoms in total. The molecule has 0 bridgehead atoms. The SMILES string of the molecule is Cc1cc2ccccc2c(C(=O)c2ccc(Cl)cc2)n1. The molecule has 0 unspecified atom stereocenters. The molecule has 98 valence electrons. The van der Waals surface area contributed by atoms with E-state index in [4.69, 9.17) is 11.6 Å². The van der Waals surface area contributed by atoms with E-state index in [0.717, 1.165) is 16.5 Å². The molecule has 3 heteroatoms. The van der Waals surface area contributed by atoms with E-state index in [1.54, 1.807) is 24.3 Å². The van der Waals surface area contributed by atoms with E-state index in [0.29, 0.717) is 16.3 Å². The summed E-state index contributed by atoms with van der Waals surface area (Å²) < 4.78 is 0. The second-order valence-electron chi connectivity index (χ2n) is 4.67. The van der Waals surface area contributed by atoms with Gasteiger partial charge in [0.1, 0.15) is 5.69 Å². The number of nitrogens with zero attached hydrogens (tertiary/aromatic N) is 1. The zero-order valence-corrected chi connectivity index (χ0v) is 11.7. The molecular formula is C17H12ClNO. The molecule has 0 aliphatic rings. The Hall–Kier alpha value is -2.19. The Morgan fingerprint density at radius 1 is 1.05 bits per heavy atom. The van der Waals surface area contributed by atoms with Gasteiger partial charge >= 0.3 is 0 Å². The van der Waals surface area contributed by atoms with Crippen molar-refractivity contribution in [2.45, 2.75) is 6.92 Å². The van der Waals surface area contributed by atoms with Crippen molar-refractivity contribution in [3.8, 4) is 0 Å². The second kappa shape index (κ2) is 5.06. The molecule has 0 aliphatic carbocycles. The minimum atomic E-state index is -0.0819. The van der Waals surface area contributed by atoms with Crippen LogP contribution in [-0.4, -0.2) is 10.8 Å². The Labute approximate surface area is 122 Å². The number of carbonyl (C=O) groups excluding carboxylic acids is 1. The average Bonchev–Trinajstić information content (AvgIpc) is 2.46. The highest BCUT2D eigenvalue weighted by atomic mass is 35.5. The van der Waals surface area contributed by atoms with E-state index in [1.807, 2.05) is 37.3 Å². The van der Waals surface area contributed by atoms with Crippen LogP contribution in [0, 0.1) is 6.92 Å². The number of halogens is 1. The summed E-state index contributed by atoms with van der Waals surface area (Å²) in [6.45, 7) is 1.89. The van der Waals surface area contributed by atoms with Crippen LogP contribution in [0.3, 0.4) is 0 Å². The molecule has 20 heavy (non-hydrogen) atoms. The Bertz CT molecular complexity index is 794. The molecule has 0 fully saturated rings. The van der Waals surface area contributed by atoms with Crippen LogP contribution in [0.2, 0.25) is 5.02 Å². The molecular weight excluding hydrogens is 270 g/mol. The number of benzene rings is 2. The molecule has 2 aromatic carbocycles. The average molecular weight is 282 g/mol. The minimum Gasteiger partial charge on any atom is -0.287 e. The molecule has 0 saturated carbocycles. The molecule has 1 aromatic heterocycles. The molecule has 0 aliphatic heterocycles. The van der Waals surface area contributed by atoms with Gasteiger partial charge in [0, 0.05) is 21.7 Å². The van der Waals surface area contributed by atoms with E-state index in [9.17, 15) is 4.79 Å². The lowest BCUT2D eigenvalue weighted by Gasteiger charge is -2.07. The highest BCUT2D eigenvalue weighted by Gasteiger charge is 2.14. The van der Waals surface area contributed by atoms with Crippen molar-refractivity contribution < 1.29 is 4.79 Å². The molecule has 0 amide bonds. The van der Waals surface area contributed by atoms with Gasteiger partial charge in [0.25, 0.3) is 0 Å². The van der Waals surface area contributed by atoms with Crippen molar-refractivity contribution in [3.05, 3.63) is 76.6 Å². The van der Waals surface area contributed by atoms with E-state index in [2.05, 4.69) is 4.98 Å². The fourth-order valence-corrected chi connectivity index (χ4v) is 2.37. The first-order valence-electron chi connectivity index (χ1n) is 6.32. The molecule has 3 rings (SSSR count). The predicted molar refractivity (Wildman–Crippen MR) is 81.4 cm³/mol. The molecule has 3 aromatic rings. The van der Waals surface area contributed by atoms with Crippen LogP contribution in [0.25, 0.3) is 10.8 Å². The molecule has 0 spiro atoms. The normalized spacial score (nSPS) is 10.7. The fraction of sp³-hybridized carbons (Fsp3) is 0.0588. The number of rotatable bonds is 2. The summed E-state index contributed by atoms with van der Waals surface area (Å²) in [5, 5.41) is 2.51. The van der Waals surface area contributed by atoms with E-state index in [1.165, 1.54) is 0 Å². The van der Waals surface area contributed by atoms with Gasteiger partial charge in [-0.2, -0.15) is 0 Å². The van der Waals surface area contributed by atoms with Gasteiger partial charge in [0.2, 0.25) is 5.78 Å². The Morgan fingerprint density at radius 3 is 2.50 bits per heavy atom. The van der Waals surface area contributed by atoms with Gasteiger partial charge < -0.3 is 0 Å². The fourth-order valence-electron chi connectivity index (χ4n) is 2.24. The van der Waals surface area contributed by atoms with Crippen LogP contribution in [0.5, 0.6) is 0 Å². The molecule has 0 saturated heterocycles. The first-order chi connectivity index (χ1) is 9.65. The highest BCUT2D eigenvalue weighted by Crippen LogP contribution is 2.21. The largest absolute Gasteiger partial charge is 0.287 e. The second-order valence-corrected chi connectivity index (χ2v) is 5.11. The van der Waals surface area contributed by atoms with Crippen molar-refractivity contribution in [3.63, 3.8) is 0 Å². The number of aromatic nitrogens is 1. The quantitative estimate of drug-likeness (QED) is 0.651. The van der Waals surface area contributed by atoms with Gasteiger partial charge in [-0.05, 0) is 42.6 Å². The topological polar surface area (TPSA) is 30.0 Å². The number of carbonyl (C=O) groups is 1. The first-order valence-corrected chi connectivity index (χ1v) is 6.69. The van der Waals surface area contributed by atoms with E-state index < -0.39 is 0 Å². The zero-order chi connectivity index (χ0) is 14.1. The van der Waals surface area contributed by atoms with Gasteiger partial charge in [-0.25, -0.2) is 4.98 Å². The van der Waals surface area contributed by atoms with Gasteiger partial charge in [-0.1, -0.05) is 35.9 Å². The van der Waals surface area contributed by atoms with E-state index in [-0.39, 0.29) is 5.78 Å². The summed E-state index contributed by atoms with van der Waals surface area (Å²) in [5.74, 6) is -0.0819. The summed E-state index contributed by atoms with van der Waals surface area (Å²) in [6.07, 6.45) is 0. The maximum atomic E-state index is 12.6. The van der Waals surface area contributed by atoms with Crippen LogP contribution in [0.15, 0.2) is 54.6 Å². The number of pyridine rings is 1. The summed E-state index contributed by atoms with van der Waals surface area (Å²) >= 11 is 5.86. The maximum absolute atomic E-state index is 12.6. The van der Waals surface area contributed by atoms with Crippen molar-refractivity contribution in [2.24, 2.45) is 0 Å². The summed E-state index contributed by atoms with van der Waals surface area (Å²) in [7, 11) is 0. The Morgan fingerprint density at radius 2 is 1.75 bits per heavy atom. The lowest BCUT2D eigenvalue weighted by atomic mass is 10.0. The third-order valence-corrected chi connectivity index (χ3v) is 3.44. The van der Waals surface area contributed by atoms with Gasteiger partial charge in [-0.15, -0.1) is 0 Å². The van der Waals surface area contributed by atoms with Crippen LogP contribution in [0.4, 0.5) is 0 Å². The van der Waals surface area contributed by atoms with Crippen LogP contribution >= 0.6 is 11.6 Å². The zero-order valence-electron chi connectivity index (χ0n) is 10.9. The highest BCUT2D eigenvalue weighted by molar-refractivity contribution is 6.30. The molecule has 0 atom stereocenters. The van der Waals surface area contributed by atoms with Gasteiger partial charge in [-0.3, -0.25) is 4.79 Å². The first kappa shape index (κ1) is 12.8. The number of hydrogen-bond donors (Lipinski definition) is 0. The summed E-state index contributed by atoms with van der Waals surface area (Å²) in [5.41, 5.74) is 1.92.